The molecule has 2 aromatic rings. The lowest BCUT2D eigenvalue weighted by molar-refractivity contribution is 0.970. The number of H-pyrrole nitrogens is 1. The van der Waals surface area contributed by atoms with Crippen LogP contribution in [0.1, 0.15) is 5.56 Å². The van der Waals surface area contributed by atoms with Crippen molar-refractivity contribution in [3.63, 3.8) is 0 Å². The molecule has 1 aromatic carbocycles. The van der Waals surface area contributed by atoms with Crippen molar-refractivity contribution in [2.45, 2.75) is 6.42 Å². The lowest BCUT2D eigenvalue weighted by atomic mass is 10.1. The quantitative estimate of drug-likeness (QED) is 0.732. The van der Waals surface area contributed by atoms with Crippen LogP contribution in [0.15, 0.2) is 41.5 Å². The number of benzene rings is 1. The monoisotopic (exact) mass is 230 g/mol. The van der Waals surface area contributed by atoms with Gasteiger partial charge in [-0.3, -0.25) is 0 Å². The van der Waals surface area contributed by atoms with Crippen LogP contribution in [-0.2, 0) is 6.42 Å². The van der Waals surface area contributed by atoms with Crippen LogP contribution in [0.2, 0.25) is 0 Å². The second kappa shape index (κ2) is 5.27. The van der Waals surface area contributed by atoms with Crippen LogP contribution in [-0.4, -0.2) is 16.5 Å². The van der Waals surface area contributed by atoms with Crippen LogP contribution in [0.5, 0.6) is 0 Å². The Morgan fingerprint density at radius 1 is 1.35 bits per heavy atom. The van der Waals surface area contributed by atoms with Gasteiger partial charge in [0.2, 0.25) is 0 Å². The molecule has 0 saturated heterocycles. The summed E-state index contributed by atoms with van der Waals surface area (Å²) in [4.78, 5) is 17.0. The Hall–Kier alpha value is -2.14. The molecule has 0 aliphatic heterocycles. The molecule has 1 heterocycles. The molecule has 4 N–H and O–H groups in total. The zero-order chi connectivity index (χ0) is 12.1. The number of hydrogen-bond acceptors (Lipinski definition) is 4. The maximum absolute atomic E-state index is 10.8. The molecule has 0 radical (unpaired) electrons. The van der Waals surface area contributed by atoms with Gasteiger partial charge in [-0.05, 0) is 24.6 Å². The maximum atomic E-state index is 10.8. The van der Waals surface area contributed by atoms with E-state index in [4.69, 9.17) is 5.73 Å². The summed E-state index contributed by atoms with van der Waals surface area (Å²) in [5.74, 6) is 0. The average Bonchev–Trinajstić information content (AvgIpc) is 2.35. The number of para-hydroxylation sites is 1. The van der Waals surface area contributed by atoms with Gasteiger partial charge in [0.25, 0.3) is 0 Å². The minimum atomic E-state index is -0.356. The third-order valence-corrected chi connectivity index (χ3v) is 2.38. The van der Waals surface area contributed by atoms with Crippen LogP contribution in [0, 0.1) is 0 Å². The molecule has 0 fully saturated rings. The largest absolute Gasteiger partial charge is 0.353 e. The molecule has 0 spiro atoms. The molecule has 5 heteroatoms. The first kappa shape index (κ1) is 11.3. The van der Waals surface area contributed by atoms with E-state index >= 15 is 0 Å². The predicted molar refractivity (Wildman–Crippen MR) is 67.3 cm³/mol. The topological polar surface area (TPSA) is 83.8 Å². The highest BCUT2D eigenvalue weighted by Crippen LogP contribution is 2.19. The minimum absolute atomic E-state index is 0.356. The van der Waals surface area contributed by atoms with E-state index < -0.39 is 0 Å². The van der Waals surface area contributed by atoms with E-state index in [-0.39, 0.29) is 5.69 Å². The van der Waals surface area contributed by atoms with E-state index in [1.54, 1.807) is 6.20 Å². The number of aromatic amines is 1. The number of aromatic nitrogens is 2. The fraction of sp³-hybridized carbons (Fsp3) is 0.167. The van der Waals surface area contributed by atoms with Gasteiger partial charge in [0.15, 0.2) is 0 Å². The molecular formula is C12H14N4O. The van der Waals surface area contributed by atoms with E-state index in [9.17, 15) is 4.79 Å². The van der Waals surface area contributed by atoms with E-state index in [1.807, 2.05) is 24.3 Å². The van der Waals surface area contributed by atoms with Gasteiger partial charge in [-0.2, -0.15) is 4.98 Å². The Morgan fingerprint density at radius 3 is 2.88 bits per heavy atom. The van der Waals surface area contributed by atoms with Crippen molar-refractivity contribution in [2.24, 2.45) is 5.73 Å². The number of hydrogen-bond donors (Lipinski definition) is 3. The normalized spacial score (nSPS) is 10.2. The van der Waals surface area contributed by atoms with Gasteiger partial charge in [0.1, 0.15) is 0 Å². The average molecular weight is 230 g/mol. The highest BCUT2D eigenvalue weighted by molar-refractivity contribution is 5.61. The Balaban J connectivity index is 2.23. The molecule has 17 heavy (non-hydrogen) atoms. The Labute approximate surface area is 98.7 Å². The van der Waals surface area contributed by atoms with Crippen LogP contribution in [0.25, 0.3) is 0 Å². The second-order valence-electron chi connectivity index (χ2n) is 3.63. The van der Waals surface area contributed by atoms with Gasteiger partial charge >= 0.3 is 5.69 Å². The predicted octanol–water partition coefficient (Wildman–Crippen LogP) is 1.01. The number of rotatable bonds is 4. The van der Waals surface area contributed by atoms with Crippen LogP contribution in [0.4, 0.5) is 11.4 Å². The Morgan fingerprint density at radius 2 is 2.18 bits per heavy atom. The summed E-state index contributed by atoms with van der Waals surface area (Å²) < 4.78 is 0. The summed E-state index contributed by atoms with van der Waals surface area (Å²) in [6.45, 7) is 0.600. The van der Waals surface area contributed by atoms with Crippen molar-refractivity contribution in [1.29, 1.82) is 0 Å². The summed E-state index contributed by atoms with van der Waals surface area (Å²) in [5, 5.41) is 3.20. The molecular weight excluding hydrogens is 216 g/mol. The van der Waals surface area contributed by atoms with Crippen LogP contribution < -0.4 is 16.7 Å². The fourth-order valence-electron chi connectivity index (χ4n) is 1.58. The van der Waals surface area contributed by atoms with Crippen molar-refractivity contribution in [1.82, 2.24) is 9.97 Å². The molecule has 0 atom stereocenters. The fourth-order valence-corrected chi connectivity index (χ4v) is 1.58. The smallest absolute Gasteiger partial charge is 0.345 e. The highest BCUT2D eigenvalue weighted by Gasteiger charge is 2.01. The van der Waals surface area contributed by atoms with E-state index in [0.717, 1.165) is 23.4 Å². The van der Waals surface area contributed by atoms with Gasteiger partial charge in [-0.1, -0.05) is 18.2 Å². The van der Waals surface area contributed by atoms with Crippen LogP contribution in [0.3, 0.4) is 0 Å². The first-order valence-corrected chi connectivity index (χ1v) is 5.39. The van der Waals surface area contributed by atoms with Gasteiger partial charge in [-0.15, -0.1) is 0 Å². The maximum Gasteiger partial charge on any atom is 0.345 e. The summed E-state index contributed by atoms with van der Waals surface area (Å²) in [7, 11) is 0. The molecule has 0 amide bonds. The van der Waals surface area contributed by atoms with E-state index in [0.29, 0.717) is 6.54 Å². The summed E-state index contributed by atoms with van der Waals surface area (Å²) >= 11 is 0. The summed E-state index contributed by atoms with van der Waals surface area (Å²) in [5.41, 5.74) is 8.06. The lowest BCUT2D eigenvalue weighted by Crippen LogP contribution is -2.09. The second-order valence-corrected chi connectivity index (χ2v) is 3.63. The number of anilines is 2. The third-order valence-electron chi connectivity index (χ3n) is 2.38. The van der Waals surface area contributed by atoms with Crippen molar-refractivity contribution in [3.05, 3.63) is 52.7 Å². The molecule has 0 aliphatic rings. The van der Waals surface area contributed by atoms with Gasteiger partial charge < -0.3 is 16.0 Å². The van der Waals surface area contributed by atoms with Crippen molar-refractivity contribution in [2.75, 3.05) is 11.9 Å². The Kier molecular flexibility index (Phi) is 3.52. The highest BCUT2D eigenvalue weighted by atomic mass is 16.1. The first-order valence-electron chi connectivity index (χ1n) is 5.39. The first-order chi connectivity index (χ1) is 8.29. The van der Waals surface area contributed by atoms with Gasteiger partial charge in [0.05, 0.1) is 11.9 Å². The third kappa shape index (κ3) is 2.92. The summed E-state index contributed by atoms with van der Waals surface area (Å²) in [6.07, 6.45) is 3.90. The standard InChI is InChI=1S/C12H14N4O/c13-6-5-9-3-1-2-4-11(9)16-10-7-14-12(17)15-8-10/h1-4,7-8,16H,5-6,13H2,(H,14,15,17). The molecule has 0 saturated carbocycles. The SMILES string of the molecule is NCCc1ccccc1Nc1cnc(=O)[nH]c1. The molecule has 0 unspecified atom stereocenters. The van der Waals surface area contributed by atoms with Crippen molar-refractivity contribution >= 4 is 11.4 Å². The Bertz CT molecular complexity index is 530. The zero-order valence-electron chi connectivity index (χ0n) is 9.31. The zero-order valence-corrected chi connectivity index (χ0v) is 9.31. The molecule has 0 aliphatic carbocycles. The van der Waals surface area contributed by atoms with Gasteiger partial charge in [-0.25, -0.2) is 4.79 Å². The minimum Gasteiger partial charge on any atom is -0.353 e. The lowest BCUT2D eigenvalue weighted by Gasteiger charge is -2.10. The number of nitrogens with two attached hydrogens (primary N) is 1. The molecule has 1 aromatic heterocycles. The summed E-state index contributed by atoms with van der Waals surface area (Å²) in [6, 6.07) is 7.91. The van der Waals surface area contributed by atoms with E-state index in [2.05, 4.69) is 15.3 Å². The van der Waals surface area contributed by atoms with Gasteiger partial charge in [0, 0.05) is 11.9 Å². The van der Waals surface area contributed by atoms with Crippen molar-refractivity contribution in [3.8, 4) is 0 Å². The molecule has 2 rings (SSSR count). The molecule has 5 nitrogen and oxygen atoms in total. The number of nitrogens with zero attached hydrogens (tertiary/aromatic N) is 1. The molecule has 88 valence electrons. The van der Waals surface area contributed by atoms with Crippen LogP contribution >= 0.6 is 0 Å². The molecule has 0 bridgehead atoms. The van der Waals surface area contributed by atoms with E-state index in [1.165, 1.54) is 6.20 Å². The van der Waals surface area contributed by atoms with Crippen molar-refractivity contribution < 1.29 is 0 Å². The number of nitrogens with one attached hydrogen (secondary N) is 2.